The van der Waals surface area contributed by atoms with Crippen molar-refractivity contribution in [3.63, 3.8) is 0 Å². The minimum atomic E-state index is -0.256. The highest BCUT2D eigenvalue weighted by Gasteiger charge is 2.37. The van der Waals surface area contributed by atoms with E-state index in [1.165, 1.54) is 31.2 Å². The van der Waals surface area contributed by atoms with Crippen LogP contribution in [0.15, 0.2) is 95.1 Å². The molecule has 2 heterocycles. The predicted molar refractivity (Wildman–Crippen MR) is 170 cm³/mol. The number of aliphatic imine (C=N–C) groups is 1. The monoisotopic (exact) mass is 566 g/mol. The van der Waals surface area contributed by atoms with Crippen LogP contribution in [-0.4, -0.2) is 34.2 Å². The Morgan fingerprint density at radius 3 is 2.32 bits per heavy atom. The van der Waals surface area contributed by atoms with Crippen LogP contribution in [0.1, 0.15) is 73.5 Å². The van der Waals surface area contributed by atoms with Gasteiger partial charge in [0, 0.05) is 29.2 Å². The quantitative estimate of drug-likeness (QED) is 0.245. The third kappa shape index (κ3) is 7.09. The topological polar surface area (TPSA) is 73.8 Å². The first-order valence-electron chi connectivity index (χ1n) is 14.6. The van der Waals surface area contributed by atoms with E-state index < -0.39 is 0 Å². The van der Waals surface area contributed by atoms with E-state index in [9.17, 15) is 9.59 Å². The Labute approximate surface area is 247 Å². The lowest BCUT2D eigenvalue weighted by Crippen LogP contribution is -2.43. The van der Waals surface area contributed by atoms with Gasteiger partial charge in [-0.2, -0.15) is 0 Å². The Morgan fingerprint density at radius 2 is 1.59 bits per heavy atom. The number of amides is 2. The van der Waals surface area contributed by atoms with E-state index in [1.807, 2.05) is 73.7 Å². The zero-order valence-electron chi connectivity index (χ0n) is 23.9. The molecule has 0 radical (unpaired) electrons. The van der Waals surface area contributed by atoms with Crippen molar-refractivity contribution in [2.75, 3.05) is 22.9 Å². The summed E-state index contributed by atoms with van der Waals surface area (Å²) >= 11 is 1.74. The van der Waals surface area contributed by atoms with Crippen LogP contribution in [0.5, 0.6) is 0 Å². The second kappa shape index (κ2) is 13.7. The highest BCUT2D eigenvalue weighted by Crippen LogP contribution is 2.40. The number of amidine groups is 1. The van der Waals surface area contributed by atoms with Crippen molar-refractivity contribution in [1.82, 2.24) is 4.90 Å². The van der Waals surface area contributed by atoms with Crippen molar-refractivity contribution in [2.45, 2.75) is 58.4 Å². The molecule has 2 amide bonds. The third-order valence-corrected chi connectivity index (χ3v) is 8.63. The molecule has 1 saturated heterocycles. The van der Waals surface area contributed by atoms with E-state index in [-0.39, 0.29) is 17.9 Å². The number of hydrogen-bond donors (Lipinski definition) is 2. The van der Waals surface area contributed by atoms with Crippen molar-refractivity contribution in [1.29, 1.82) is 0 Å². The lowest BCUT2D eigenvalue weighted by atomic mass is 9.93. The normalized spacial score (nSPS) is 16.6. The van der Waals surface area contributed by atoms with Gasteiger partial charge in [0.2, 0.25) is 0 Å². The molecule has 7 heteroatoms. The number of rotatable bonds is 10. The number of fused-ring (bicyclic) bond motifs is 1. The van der Waals surface area contributed by atoms with Crippen molar-refractivity contribution in [2.24, 2.45) is 4.99 Å². The number of thioether (sulfide) groups is 1. The van der Waals surface area contributed by atoms with E-state index in [1.54, 1.807) is 11.8 Å². The first kappa shape index (κ1) is 28.7. The van der Waals surface area contributed by atoms with Gasteiger partial charge >= 0.3 is 0 Å². The summed E-state index contributed by atoms with van der Waals surface area (Å²) < 4.78 is 0. The number of carbonyl (C=O) groups is 2. The molecule has 0 bridgehead atoms. The molecular weight excluding hydrogens is 528 g/mol. The first-order valence-corrected chi connectivity index (χ1v) is 15.6. The number of benzene rings is 3. The van der Waals surface area contributed by atoms with Crippen LogP contribution in [-0.2, 0) is 11.2 Å². The molecule has 0 aromatic heterocycles. The number of nitrogens with one attached hydrogen (secondary N) is 2. The van der Waals surface area contributed by atoms with Crippen LogP contribution in [0.25, 0.3) is 0 Å². The first-order chi connectivity index (χ1) is 20.0. The Bertz CT molecular complexity index is 1420. The molecule has 2 N–H and O–H groups in total. The van der Waals surface area contributed by atoms with E-state index in [0.717, 1.165) is 52.9 Å². The summed E-state index contributed by atoms with van der Waals surface area (Å²) in [4.78, 5) is 33.6. The minimum absolute atomic E-state index is 0.131. The maximum absolute atomic E-state index is 13.6. The molecule has 2 aliphatic rings. The summed E-state index contributed by atoms with van der Waals surface area (Å²) in [5.41, 5.74) is 5.75. The largest absolute Gasteiger partial charge is 0.340 e. The number of allylic oxidation sites excluding steroid dienone is 1. The maximum atomic E-state index is 13.6. The number of anilines is 2. The SMILES string of the molecule is CCCCCCc1ccc(C(=O)Nc2ccc(C3C(C(=O)Nc4ccccc4)=C(C)N=C4SCCCN43)cc2)cc1. The average molecular weight is 567 g/mol. The molecule has 0 aliphatic carbocycles. The number of para-hydroxylation sites is 1. The number of unbranched alkanes of at least 4 members (excludes halogenated alkanes) is 3. The summed E-state index contributed by atoms with van der Waals surface area (Å²) in [5.74, 6) is 0.739. The summed E-state index contributed by atoms with van der Waals surface area (Å²) in [6, 6.07) is 25.0. The summed E-state index contributed by atoms with van der Waals surface area (Å²) in [7, 11) is 0. The highest BCUT2D eigenvalue weighted by atomic mass is 32.2. The molecule has 0 spiro atoms. The van der Waals surface area contributed by atoms with Gasteiger partial charge in [0.15, 0.2) is 5.17 Å². The number of hydrogen-bond acceptors (Lipinski definition) is 5. The molecule has 6 nitrogen and oxygen atoms in total. The standard InChI is InChI=1S/C34H38N4O2S/c1-3-4-5-7-11-25-14-16-27(17-15-25)32(39)36-29-20-18-26(19-21-29)31-30(33(40)37-28-12-8-6-9-13-28)24(2)35-34-38(31)22-10-23-41-34/h6,8-9,12-21,31H,3-5,7,10-11,22-23H2,1-2H3,(H,36,39)(H,37,40). The van der Waals surface area contributed by atoms with Gasteiger partial charge in [0.1, 0.15) is 0 Å². The van der Waals surface area contributed by atoms with Crippen LogP contribution < -0.4 is 10.6 Å². The minimum Gasteiger partial charge on any atom is -0.340 e. The van der Waals surface area contributed by atoms with Gasteiger partial charge in [-0.05, 0) is 73.7 Å². The summed E-state index contributed by atoms with van der Waals surface area (Å²) in [6.45, 7) is 4.96. The molecule has 212 valence electrons. The zero-order valence-corrected chi connectivity index (χ0v) is 24.7. The fourth-order valence-electron chi connectivity index (χ4n) is 5.36. The molecule has 3 aromatic carbocycles. The van der Waals surface area contributed by atoms with E-state index in [2.05, 4.69) is 34.6 Å². The molecule has 1 atom stereocenters. The fraction of sp³-hybridized carbons (Fsp3) is 0.324. The number of aryl methyl sites for hydroxylation is 1. The van der Waals surface area contributed by atoms with Crippen LogP contribution in [0.3, 0.4) is 0 Å². The van der Waals surface area contributed by atoms with Crippen molar-refractivity contribution < 1.29 is 9.59 Å². The van der Waals surface area contributed by atoms with Crippen molar-refractivity contribution in [3.05, 3.63) is 107 Å². The van der Waals surface area contributed by atoms with Gasteiger partial charge in [-0.1, -0.05) is 80.4 Å². The number of carbonyl (C=O) groups excluding carboxylic acids is 2. The summed E-state index contributed by atoms with van der Waals surface area (Å²) in [6.07, 6.45) is 7.00. The van der Waals surface area contributed by atoms with Crippen LogP contribution in [0.2, 0.25) is 0 Å². The third-order valence-electron chi connectivity index (χ3n) is 7.55. The van der Waals surface area contributed by atoms with Gasteiger partial charge < -0.3 is 15.5 Å². The van der Waals surface area contributed by atoms with Crippen LogP contribution in [0, 0.1) is 0 Å². The highest BCUT2D eigenvalue weighted by molar-refractivity contribution is 8.13. The molecule has 1 unspecified atom stereocenters. The van der Waals surface area contributed by atoms with Gasteiger partial charge in [-0.15, -0.1) is 0 Å². The number of nitrogens with zero attached hydrogens (tertiary/aromatic N) is 2. The molecule has 2 aliphatic heterocycles. The maximum Gasteiger partial charge on any atom is 0.255 e. The lowest BCUT2D eigenvalue weighted by molar-refractivity contribution is -0.113. The molecule has 1 fully saturated rings. The second-order valence-corrected chi connectivity index (χ2v) is 11.7. The molecule has 0 saturated carbocycles. The van der Waals surface area contributed by atoms with Crippen LogP contribution in [0.4, 0.5) is 11.4 Å². The molecule has 3 aromatic rings. The van der Waals surface area contributed by atoms with Crippen molar-refractivity contribution >= 4 is 40.1 Å². The fourth-order valence-corrected chi connectivity index (χ4v) is 6.38. The Kier molecular flexibility index (Phi) is 9.57. The van der Waals surface area contributed by atoms with Gasteiger partial charge in [-0.3, -0.25) is 9.59 Å². The van der Waals surface area contributed by atoms with Gasteiger partial charge in [0.05, 0.1) is 17.3 Å². The zero-order chi connectivity index (χ0) is 28.6. The van der Waals surface area contributed by atoms with Gasteiger partial charge in [-0.25, -0.2) is 4.99 Å². The molecule has 5 rings (SSSR count). The Hall–Kier alpha value is -3.84. The van der Waals surface area contributed by atoms with Gasteiger partial charge in [0.25, 0.3) is 11.8 Å². The average Bonchev–Trinajstić information content (AvgIpc) is 3.00. The molecule has 41 heavy (non-hydrogen) atoms. The Morgan fingerprint density at radius 1 is 0.878 bits per heavy atom. The lowest BCUT2D eigenvalue weighted by Gasteiger charge is -2.40. The smallest absolute Gasteiger partial charge is 0.255 e. The second-order valence-electron chi connectivity index (χ2n) is 10.6. The van der Waals surface area contributed by atoms with Crippen LogP contribution >= 0.6 is 11.8 Å². The Balaban J connectivity index is 1.31. The van der Waals surface area contributed by atoms with E-state index in [4.69, 9.17) is 4.99 Å². The predicted octanol–water partition coefficient (Wildman–Crippen LogP) is 7.82. The molecular formula is C34H38N4O2S. The van der Waals surface area contributed by atoms with Crippen molar-refractivity contribution in [3.8, 4) is 0 Å². The van der Waals surface area contributed by atoms with E-state index >= 15 is 0 Å². The van der Waals surface area contributed by atoms with E-state index in [0.29, 0.717) is 11.1 Å². The summed E-state index contributed by atoms with van der Waals surface area (Å²) in [5, 5.41) is 7.04.